The molecule has 1 heterocycles. The summed E-state index contributed by atoms with van der Waals surface area (Å²) in [5.41, 5.74) is 7.28. The van der Waals surface area contributed by atoms with Crippen LogP contribution >= 0.6 is 0 Å². The van der Waals surface area contributed by atoms with E-state index >= 15 is 0 Å². The molecule has 122 valence electrons. The van der Waals surface area contributed by atoms with Crippen molar-refractivity contribution in [3.8, 4) is 0 Å². The van der Waals surface area contributed by atoms with E-state index < -0.39 is 0 Å². The lowest BCUT2D eigenvalue weighted by molar-refractivity contribution is 0.0827. The zero-order valence-electron chi connectivity index (χ0n) is 14.6. The van der Waals surface area contributed by atoms with E-state index in [1.165, 1.54) is 5.56 Å². The highest BCUT2D eigenvalue weighted by atomic mass is 16.2. The zero-order valence-corrected chi connectivity index (χ0v) is 14.6. The van der Waals surface area contributed by atoms with Crippen molar-refractivity contribution in [2.75, 3.05) is 21.1 Å². The Balaban J connectivity index is 2.10. The summed E-state index contributed by atoms with van der Waals surface area (Å²) < 4.78 is 0. The third kappa shape index (κ3) is 2.62. The molecular weight excluding hydrogens is 296 g/mol. The number of aryl methyl sites for hydroxylation is 1. The summed E-state index contributed by atoms with van der Waals surface area (Å²) in [6.45, 7) is 6.15. The van der Waals surface area contributed by atoms with Crippen LogP contribution < -0.4 is 0 Å². The quantitative estimate of drug-likeness (QED) is 0.835. The van der Waals surface area contributed by atoms with Crippen molar-refractivity contribution in [1.82, 2.24) is 9.80 Å². The summed E-state index contributed by atoms with van der Waals surface area (Å²) in [5.74, 6) is 0.0302. The van der Waals surface area contributed by atoms with E-state index in [1.54, 1.807) is 19.0 Å². The van der Waals surface area contributed by atoms with Crippen LogP contribution in [0.4, 0.5) is 0 Å². The summed E-state index contributed by atoms with van der Waals surface area (Å²) in [7, 11) is 5.56. The number of hydrogen-bond donors (Lipinski definition) is 0. The Kier molecular flexibility index (Phi) is 4.02. The number of benzene rings is 2. The van der Waals surface area contributed by atoms with Gasteiger partial charge >= 0.3 is 0 Å². The molecule has 3 nitrogen and oxygen atoms in total. The number of hydrogen-bond acceptors (Lipinski definition) is 2. The monoisotopic (exact) mass is 318 g/mol. The molecule has 0 spiro atoms. The van der Waals surface area contributed by atoms with Gasteiger partial charge in [-0.3, -0.25) is 4.79 Å². The van der Waals surface area contributed by atoms with E-state index in [0.29, 0.717) is 0 Å². The molecule has 0 N–H and O–H groups in total. The maximum atomic E-state index is 12.2. The van der Waals surface area contributed by atoms with E-state index in [-0.39, 0.29) is 5.91 Å². The number of carbonyl (C=O) groups excluding carboxylic acids is 1. The van der Waals surface area contributed by atoms with Gasteiger partial charge in [0.25, 0.3) is 5.91 Å². The van der Waals surface area contributed by atoms with Gasteiger partial charge in [-0.15, -0.1) is 0 Å². The van der Waals surface area contributed by atoms with E-state index in [4.69, 9.17) is 0 Å². The molecule has 0 saturated heterocycles. The first-order valence-electron chi connectivity index (χ1n) is 7.96. The van der Waals surface area contributed by atoms with Crippen LogP contribution in [0.25, 0.3) is 11.3 Å². The molecule has 0 aromatic heterocycles. The lowest BCUT2D eigenvalue weighted by Crippen LogP contribution is -2.22. The Morgan fingerprint density at radius 3 is 2.38 bits per heavy atom. The third-order valence-corrected chi connectivity index (χ3v) is 4.45. The molecule has 0 unspecified atom stereocenters. The summed E-state index contributed by atoms with van der Waals surface area (Å²) in [6, 6.07) is 14.3. The summed E-state index contributed by atoms with van der Waals surface area (Å²) in [4.78, 5) is 15.9. The van der Waals surface area contributed by atoms with Crippen molar-refractivity contribution < 1.29 is 4.79 Å². The normalized spacial score (nSPS) is 13.4. The molecule has 0 atom stereocenters. The molecule has 0 bridgehead atoms. The summed E-state index contributed by atoms with van der Waals surface area (Å²) >= 11 is 0. The molecule has 1 amide bonds. The van der Waals surface area contributed by atoms with Crippen molar-refractivity contribution in [3.05, 3.63) is 83.1 Å². The van der Waals surface area contributed by atoms with Gasteiger partial charge in [0.1, 0.15) is 0 Å². The molecule has 0 aliphatic carbocycles. The molecule has 3 rings (SSSR count). The fourth-order valence-corrected chi connectivity index (χ4v) is 3.04. The fraction of sp³-hybridized carbons (Fsp3) is 0.190. The average molecular weight is 318 g/mol. The minimum absolute atomic E-state index is 0.0302. The van der Waals surface area contributed by atoms with Crippen molar-refractivity contribution in [2.24, 2.45) is 0 Å². The van der Waals surface area contributed by atoms with Crippen LogP contribution in [0.2, 0.25) is 0 Å². The lowest BCUT2D eigenvalue weighted by atomic mass is 9.89. The highest BCUT2D eigenvalue weighted by Crippen LogP contribution is 2.36. The second-order valence-electron chi connectivity index (χ2n) is 6.38. The number of nitrogens with zero attached hydrogens (tertiary/aromatic N) is 2. The fourth-order valence-electron chi connectivity index (χ4n) is 3.04. The predicted octanol–water partition coefficient (Wildman–Crippen LogP) is 4.00. The zero-order chi connectivity index (χ0) is 17.4. The largest absolute Gasteiger partial charge is 0.350 e. The van der Waals surface area contributed by atoms with Gasteiger partial charge in [-0.1, -0.05) is 43.0 Å². The first kappa shape index (κ1) is 16.1. The summed E-state index contributed by atoms with van der Waals surface area (Å²) in [6.07, 6.45) is 2.10. The Morgan fingerprint density at radius 1 is 1.08 bits per heavy atom. The Morgan fingerprint density at radius 2 is 1.75 bits per heavy atom. The van der Waals surface area contributed by atoms with Gasteiger partial charge in [-0.2, -0.15) is 0 Å². The third-order valence-electron chi connectivity index (χ3n) is 4.45. The Hall–Kier alpha value is -2.81. The smallest absolute Gasteiger partial charge is 0.253 e. The van der Waals surface area contributed by atoms with Gasteiger partial charge in [0, 0.05) is 49.7 Å². The maximum Gasteiger partial charge on any atom is 0.253 e. The highest BCUT2D eigenvalue weighted by Gasteiger charge is 2.20. The Labute approximate surface area is 143 Å². The van der Waals surface area contributed by atoms with Gasteiger partial charge in [-0.05, 0) is 29.7 Å². The molecule has 0 radical (unpaired) electrons. The van der Waals surface area contributed by atoms with E-state index in [0.717, 1.165) is 33.5 Å². The van der Waals surface area contributed by atoms with Gasteiger partial charge in [0.2, 0.25) is 0 Å². The van der Waals surface area contributed by atoms with E-state index in [9.17, 15) is 4.79 Å². The number of carbonyl (C=O) groups is 1. The molecular formula is C21H22N2O. The van der Waals surface area contributed by atoms with Crippen LogP contribution in [0.1, 0.15) is 32.6 Å². The second-order valence-corrected chi connectivity index (χ2v) is 6.38. The number of rotatable bonds is 2. The molecule has 3 heteroatoms. The minimum atomic E-state index is 0.0302. The molecule has 0 saturated carbocycles. The van der Waals surface area contributed by atoms with Crippen LogP contribution in [-0.2, 0) is 0 Å². The topological polar surface area (TPSA) is 23.6 Å². The molecule has 1 aliphatic heterocycles. The van der Waals surface area contributed by atoms with Crippen LogP contribution in [-0.4, -0.2) is 36.9 Å². The summed E-state index contributed by atoms with van der Waals surface area (Å²) in [5, 5.41) is 0. The Bertz CT molecular complexity index is 862. The van der Waals surface area contributed by atoms with Crippen LogP contribution in [0.15, 0.2) is 55.2 Å². The van der Waals surface area contributed by atoms with Crippen molar-refractivity contribution in [2.45, 2.75) is 6.92 Å². The molecule has 2 aromatic carbocycles. The predicted molar refractivity (Wildman–Crippen MR) is 99.5 cm³/mol. The molecule has 2 aromatic rings. The van der Waals surface area contributed by atoms with Crippen molar-refractivity contribution in [3.63, 3.8) is 0 Å². The standard InChI is InChI=1S/C21H22N2O/c1-14-12-16(10-11-17(14)21(24)22(3)4)20-13-23(5)15(2)18-8-6-7-9-19(18)20/h6-13H,2H2,1,3-5H3. The number of fused-ring (bicyclic) bond motifs is 1. The molecule has 0 fully saturated rings. The van der Waals surface area contributed by atoms with Crippen molar-refractivity contribution >= 4 is 17.2 Å². The van der Waals surface area contributed by atoms with Gasteiger partial charge in [0.15, 0.2) is 0 Å². The van der Waals surface area contributed by atoms with Gasteiger partial charge < -0.3 is 9.80 Å². The van der Waals surface area contributed by atoms with Crippen LogP contribution in [0, 0.1) is 6.92 Å². The SMILES string of the molecule is C=C1c2ccccc2C(c2ccc(C(=O)N(C)C)c(C)c2)=CN1C. The molecule has 24 heavy (non-hydrogen) atoms. The van der Waals surface area contributed by atoms with E-state index in [1.807, 2.05) is 43.1 Å². The van der Waals surface area contributed by atoms with E-state index in [2.05, 4.69) is 31.0 Å². The maximum absolute atomic E-state index is 12.2. The van der Waals surface area contributed by atoms with Crippen molar-refractivity contribution in [1.29, 1.82) is 0 Å². The van der Waals surface area contributed by atoms with Crippen LogP contribution in [0.5, 0.6) is 0 Å². The van der Waals surface area contributed by atoms with Crippen LogP contribution in [0.3, 0.4) is 0 Å². The van der Waals surface area contributed by atoms with Gasteiger partial charge in [0.05, 0.1) is 0 Å². The highest BCUT2D eigenvalue weighted by molar-refractivity contribution is 5.96. The minimum Gasteiger partial charge on any atom is -0.350 e. The average Bonchev–Trinajstić information content (AvgIpc) is 2.57. The number of amides is 1. The first-order valence-corrected chi connectivity index (χ1v) is 7.96. The first-order chi connectivity index (χ1) is 11.4. The second kappa shape index (κ2) is 6.00. The van der Waals surface area contributed by atoms with Gasteiger partial charge in [-0.25, -0.2) is 0 Å². The lowest BCUT2D eigenvalue weighted by Gasteiger charge is -2.28. The molecule has 1 aliphatic rings.